The summed E-state index contributed by atoms with van der Waals surface area (Å²) in [5, 5.41) is 9.45. The van der Waals surface area contributed by atoms with E-state index in [9.17, 15) is 13.5 Å². The van der Waals surface area contributed by atoms with Crippen LogP contribution in [0.15, 0.2) is 23.1 Å². The van der Waals surface area contributed by atoms with Crippen LogP contribution in [0, 0.1) is 0 Å². The minimum Gasteiger partial charge on any atom is -0.508 e. The lowest BCUT2D eigenvalue weighted by Crippen LogP contribution is -2.11. The van der Waals surface area contributed by atoms with Crippen molar-refractivity contribution in [1.82, 2.24) is 4.90 Å². The molecule has 0 aliphatic carbocycles. The smallest absolute Gasteiger partial charge is 0.294 e. The molecule has 2 N–H and O–H groups in total. The second-order valence-corrected chi connectivity index (χ2v) is 4.92. The van der Waals surface area contributed by atoms with E-state index in [1.54, 1.807) is 19.0 Å². The Bertz CT molecular complexity index is 453. The number of phenolic OH excluding ortho intramolecular Hbond substituents is 1. The van der Waals surface area contributed by atoms with Crippen LogP contribution in [0.4, 0.5) is 0 Å². The van der Waals surface area contributed by atoms with Crippen molar-refractivity contribution in [1.29, 1.82) is 0 Å². The molecule has 1 aromatic carbocycles. The maximum absolute atomic E-state index is 10.8. The highest BCUT2D eigenvalue weighted by Crippen LogP contribution is 2.21. The van der Waals surface area contributed by atoms with Gasteiger partial charge in [-0.2, -0.15) is 8.42 Å². The van der Waals surface area contributed by atoms with E-state index in [0.717, 1.165) is 6.07 Å². The van der Waals surface area contributed by atoms with Crippen molar-refractivity contribution < 1.29 is 18.1 Å². The third kappa shape index (κ3) is 3.19. The fourth-order valence-corrected chi connectivity index (χ4v) is 1.72. The average Bonchev–Trinajstić information content (AvgIpc) is 2.06. The Morgan fingerprint density at radius 1 is 1.33 bits per heavy atom. The first-order chi connectivity index (χ1) is 6.80. The van der Waals surface area contributed by atoms with Crippen LogP contribution in [0.25, 0.3) is 0 Å². The topological polar surface area (TPSA) is 77.8 Å². The third-order valence-corrected chi connectivity index (χ3v) is 2.69. The van der Waals surface area contributed by atoms with Gasteiger partial charge in [0, 0.05) is 12.1 Å². The maximum atomic E-state index is 10.8. The van der Waals surface area contributed by atoms with Gasteiger partial charge in [-0.05, 0) is 32.3 Å². The Kier molecular flexibility index (Phi) is 3.33. The number of hydrogen-bond acceptors (Lipinski definition) is 4. The number of aromatic hydroxyl groups is 1. The molecule has 1 aromatic rings. The minimum absolute atomic E-state index is 0.0103. The standard InChI is InChI=1S/C9H13NO4S/c1-10(2)6-7-5-8(15(12,13)14)3-4-9(7)11/h3-5,11H,6H2,1-2H3,(H,12,13,14). The maximum Gasteiger partial charge on any atom is 0.294 e. The summed E-state index contributed by atoms with van der Waals surface area (Å²) in [6.07, 6.45) is 0. The Balaban J connectivity index is 3.17. The summed E-state index contributed by atoms with van der Waals surface area (Å²) < 4.78 is 30.5. The highest BCUT2D eigenvalue weighted by molar-refractivity contribution is 7.85. The molecular formula is C9H13NO4S. The summed E-state index contributed by atoms with van der Waals surface area (Å²) >= 11 is 0. The first-order valence-corrected chi connectivity index (χ1v) is 5.69. The van der Waals surface area contributed by atoms with E-state index in [-0.39, 0.29) is 10.6 Å². The van der Waals surface area contributed by atoms with Crippen molar-refractivity contribution in [2.75, 3.05) is 14.1 Å². The molecular weight excluding hydrogens is 218 g/mol. The SMILES string of the molecule is CN(C)Cc1cc(S(=O)(=O)O)ccc1O. The van der Waals surface area contributed by atoms with Crippen molar-refractivity contribution in [3.8, 4) is 5.75 Å². The van der Waals surface area contributed by atoms with Crippen LogP contribution in [-0.2, 0) is 16.7 Å². The molecule has 0 unspecified atom stereocenters. The van der Waals surface area contributed by atoms with E-state index in [4.69, 9.17) is 4.55 Å². The van der Waals surface area contributed by atoms with Crippen molar-refractivity contribution in [3.05, 3.63) is 23.8 Å². The first kappa shape index (κ1) is 12.0. The molecule has 0 aromatic heterocycles. The molecule has 0 atom stereocenters. The molecule has 0 saturated carbocycles. The van der Waals surface area contributed by atoms with Crippen molar-refractivity contribution in [3.63, 3.8) is 0 Å². The molecule has 1 rings (SSSR count). The summed E-state index contributed by atoms with van der Waals surface area (Å²) in [6, 6.07) is 3.66. The van der Waals surface area contributed by atoms with Crippen molar-refractivity contribution >= 4 is 10.1 Å². The lowest BCUT2D eigenvalue weighted by molar-refractivity contribution is 0.385. The van der Waals surface area contributed by atoms with E-state index < -0.39 is 10.1 Å². The predicted octanol–water partition coefficient (Wildman–Crippen LogP) is 0.700. The van der Waals surface area contributed by atoms with Crippen LogP contribution in [0.5, 0.6) is 5.75 Å². The Labute approximate surface area is 88.7 Å². The van der Waals surface area contributed by atoms with Crippen LogP contribution >= 0.6 is 0 Å². The Hall–Kier alpha value is -1.11. The van der Waals surface area contributed by atoms with Gasteiger partial charge in [0.05, 0.1) is 4.90 Å². The molecule has 84 valence electrons. The zero-order chi connectivity index (χ0) is 11.6. The van der Waals surface area contributed by atoms with Gasteiger partial charge in [-0.1, -0.05) is 0 Å². The summed E-state index contributed by atoms with van der Waals surface area (Å²) in [4.78, 5) is 1.57. The van der Waals surface area contributed by atoms with Gasteiger partial charge in [0.25, 0.3) is 10.1 Å². The molecule has 0 spiro atoms. The molecule has 5 nitrogen and oxygen atoms in total. The van der Waals surface area contributed by atoms with Crippen LogP contribution in [0.1, 0.15) is 5.56 Å². The molecule has 0 heterocycles. The number of phenols is 1. The van der Waals surface area contributed by atoms with Gasteiger partial charge in [-0.3, -0.25) is 4.55 Å². The fourth-order valence-electron chi connectivity index (χ4n) is 1.19. The summed E-state index contributed by atoms with van der Waals surface area (Å²) in [7, 11) is -0.625. The predicted molar refractivity (Wildman–Crippen MR) is 55.3 cm³/mol. The lowest BCUT2D eigenvalue weighted by Gasteiger charge is -2.11. The molecule has 0 radical (unpaired) electrons. The van der Waals surface area contributed by atoms with Crippen LogP contribution in [0.2, 0.25) is 0 Å². The number of nitrogens with zero attached hydrogens (tertiary/aromatic N) is 1. The molecule has 6 heteroatoms. The fraction of sp³-hybridized carbons (Fsp3) is 0.333. The van der Waals surface area contributed by atoms with Crippen molar-refractivity contribution in [2.24, 2.45) is 0 Å². The van der Waals surface area contributed by atoms with Crippen LogP contribution in [0.3, 0.4) is 0 Å². The monoisotopic (exact) mass is 231 g/mol. The van der Waals surface area contributed by atoms with Crippen molar-refractivity contribution in [2.45, 2.75) is 11.4 Å². The molecule has 0 saturated heterocycles. The second-order valence-electron chi connectivity index (χ2n) is 3.50. The van der Waals surface area contributed by atoms with Crippen LogP contribution in [-0.4, -0.2) is 37.1 Å². The Morgan fingerprint density at radius 3 is 2.40 bits per heavy atom. The zero-order valence-electron chi connectivity index (χ0n) is 8.51. The third-order valence-electron chi connectivity index (χ3n) is 1.84. The summed E-state index contributed by atoms with van der Waals surface area (Å²) in [6.45, 7) is 0.398. The van der Waals surface area contributed by atoms with Gasteiger partial charge in [0.1, 0.15) is 5.75 Å². The normalized spacial score (nSPS) is 12.0. The van der Waals surface area contributed by atoms with E-state index in [2.05, 4.69) is 0 Å². The average molecular weight is 231 g/mol. The zero-order valence-corrected chi connectivity index (χ0v) is 9.32. The molecule has 0 bridgehead atoms. The molecule has 0 aliphatic heterocycles. The van der Waals surface area contributed by atoms with Gasteiger partial charge < -0.3 is 10.0 Å². The van der Waals surface area contributed by atoms with Gasteiger partial charge in [-0.15, -0.1) is 0 Å². The van der Waals surface area contributed by atoms with E-state index in [0.29, 0.717) is 12.1 Å². The highest BCUT2D eigenvalue weighted by Gasteiger charge is 2.12. The molecule has 0 fully saturated rings. The lowest BCUT2D eigenvalue weighted by atomic mass is 10.2. The quantitative estimate of drug-likeness (QED) is 0.749. The molecule has 0 amide bonds. The van der Waals surface area contributed by atoms with Gasteiger partial charge in [0.15, 0.2) is 0 Å². The molecule has 0 aliphatic rings. The van der Waals surface area contributed by atoms with Gasteiger partial charge in [0.2, 0.25) is 0 Å². The van der Waals surface area contributed by atoms with E-state index in [1.807, 2.05) is 0 Å². The molecule has 15 heavy (non-hydrogen) atoms. The van der Waals surface area contributed by atoms with Gasteiger partial charge >= 0.3 is 0 Å². The first-order valence-electron chi connectivity index (χ1n) is 4.25. The summed E-state index contributed by atoms with van der Waals surface area (Å²) in [5.41, 5.74) is 0.454. The number of hydrogen-bond donors (Lipinski definition) is 2. The van der Waals surface area contributed by atoms with Gasteiger partial charge in [-0.25, -0.2) is 0 Å². The van der Waals surface area contributed by atoms with Crippen LogP contribution < -0.4 is 0 Å². The second kappa shape index (κ2) is 4.18. The Morgan fingerprint density at radius 2 is 1.93 bits per heavy atom. The minimum atomic E-state index is -4.21. The number of rotatable bonds is 3. The highest BCUT2D eigenvalue weighted by atomic mass is 32.2. The summed E-state index contributed by atoms with van der Waals surface area (Å²) in [5.74, 6) is 0.0103. The van der Waals surface area contributed by atoms with E-state index >= 15 is 0 Å². The largest absolute Gasteiger partial charge is 0.508 e. The number of benzene rings is 1. The van der Waals surface area contributed by atoms with E-state index in [1.165, 1.54) is 12.1 Å².